The van der Waals surface area contributed by atoms with Crippen LogP contribution in [0, 0.1) is 5.92 Å². The van der Waals surface area contributed by atoms with Gasteiger partial charge < -0.3 is 5.11 Å². The van der Waals surface area contributed by atoms with Crippen LogP contribution in [-0.2, 0) is 21.4 Å². The quantitative estimate of drug-likeness (QED) is 0.910. The fraction of sp³-hybridized carbons (Fsp3) is 0.500. The number of anilines is 1. The number of carboxylic acids is 1. The Kier molecular flexibility index (Phi) is 4.25. The van der Waals surface area contributed by atoms with E-state index < -0.39 is 22.1 Å². The fourth-order valence-corrected chi connectivity index (χ4v) is 4.00. The van der Waals surface area contributed by atoms with Crippen LogP contribution >= 0.6 is 0 Å². The summed E-state index contributed by atoms with van der Waals surface area (Å²) in [5.41, 5.74) is 1.32. The van der Waals surface area contributed by atoms with Crippen molar-refractivity contribution in [2.24, 2.45) is 5.92 Å². The molecule has 1 heterocycles. The highest BCUT2D eigenvalue weighted by Crippen LogP contribution is 2.32. The third-order valence-electron chi connectivity index (χ3n) is 3.83. The summed E-state index contributed by atoms with van der Waals surface area (Å²) < 4.78 is 27.9. The summed E-state index contributed by atoms with van der Waals surface area (Å²) in [5.74, 6) is -1.70. The van der Waals surface area contributed by atoms with Gasteiger partial charge in [0.05, 0.1) is 11.6 Å². The van der Waals surface area contributed by atoms with Crippen LogP contribution in [0.1, 0.15) is 19.4 Å². The molecule has 1 N–H and O–H groups in total. The SMILES string of the molecule is CC(C)N(C)S(=O)(=O)N1CC(C(=O)O)Cc2ccccc21. The van der Waals surface area contributed by atoms with Crippen molar-refractivity contribution in [2.45, 2.75) is 26.3 Å². The van der Waals surface area contributed by atoms with Gasteiger partial charge in [0.2, 0.25) is 0 Å². The molecule has 1 aliphatic rings. The predicted octanol–water partition coefficient (Wildman–Crippen LogP) is 1.33. The molecule has 1 aliphatic heterocycles. The Morgan fingerprint density at radius 3 is 2.57 bits per heavy atom. The third kappa shape index (κ3) is 2.89. The van der Waals surface area contributed by atoms with Crippen molar-refractivity contribution < 1.29 is 18.3 Å². The standard InChI is InChI=1S/C14H20N2O4S/c1-10(2)15(3)21(19,20)16-9-12(14(17)18)8-11-6-4-5-7-13(11)16/h4-7,10,12H,8-9H2,1-3H3,(H,17,18). The van der Waals surface area contributed by atoms with Gasteiger partial charge in [-0.05, 0) is 31.9 Å². The number of para-hydroxylation sites is 1. The smallest absolute Gasteiger partial charge is 0.308 e. The van der Waals surface area contributed by atoms with Gasteiger partial charge in [-0.2, -0.15) is 12.7 Å². The molecule has 0 bridgehead atoms. The molecule has 7 heteroatoms. The van der Waals surface area contributed by atoms with E-state index in [9.17, 15) is 18.3 Å². The van der Waals surface area contributed by atoms with Crippen molar-refractivity contribution in [2.75, 3.05) is 17.9 Å². The topological polar surface area (TPSA) is 77.9 Å². The van der Waals surface area contributed by atoms with Crippen molar-refractivity contribution in [3.63, 3.8) is 0 Å². The first kappa shape index (κ1) is 15.8. The second-order valence-electron chi connectivity index (χ2n) is 5.52. The van der Waals surface area contributed by atoms with Gasteiger partial charge >= 0.3 is 16.2 Å². The van der Waals surface area contributed by atoms with Gasteiger partial charge in [0.15, 0.2) is 0 Å². The van der Waals surface area contributed by atoms with E-state index in [1.807, 2.05) is 0 Å². The Balaban J connectivity index is 2.49. The molecule has 0 aliphatic carbocycles. The normalized spacial score (nSPS) is 18.9. The molecule has 21 heavy (non-hydrogen) atoms. The summed E-state index contributed by atoms with van der Waals surface area (Å²) in [6, 6.07) is 6.85. The van der Waals surface area contributed by atoms with Gasteiger partial charge in [-0.25, -0.2) is 0 Å². The number of hydrogen-bond donors (Lipinski definition) is 1. The Labute approximate surface area is 125 Å². The average molecular weight is 312 g/mol. The van der Waals surface area contributed by atoms with Crippen molar-refractivity contribution in [1.29, 1.82) is 0 Å². The molecular weight excluding hydrogens is 292 g/mol. The maximum Gasteiger partial charge on any atom is 0.308 e. The van der Waals surface area contributed by atoms with E-state index in [-0.39, 0.29) is 12.6 Å². The van der Waals surface area contributed by atoms with E-state index in [2.05, 4.69) is 0 Å². The lowest BCUT2D eigenvalue weighted by atomic mass is 9.94. The highest BCUT2D eigenvalue weighted by molar-refractivity contribution is 7.90. The van der Waals surface area contributed by atoms with Crippen molar-refractivity contribution in [1.82, 2.24) is 4.31 Å². The molecule has 0 spiro atoms. The Hall–Kier alpha value is -1.60. The van der Waals surface area contributed by atoms with Gasteiger partial charge in [0.1, 0.15) is 0 Å². The number of carbonyl (C=O) groups is 1. The van der Waals surface area contributed by atoms with Gasteiger partial charge in [0.25, 0.3) is 0 Å². The number of hydrogen-bond acceptors (Lipinski definition) is 3. The van der Waals surface area contributed by atoms with Crippen LogP contribution < -0.4 is 4.31 Å². The van der Waals surface area contributed by atoms with Gasteiger partial charge in [-0.15, -0.1) is 0 Å². The number of nitrogens with zero attached hydrogens (tertiary/aromatic N) is 2. The summed E-state index contributed by atoms with van der Waals surface area (Å²) >= 11 is 0. The number of aliphatic carboxylic acids is 1. The molecular formula is C14H20N2O4S. The maximum atomic E-state index is 12.7. The van der Waals surface area contributed by atoms with Gasteiger partial charge in [-0.1, -0.05) is 18.2 Å². The molecule has 1 unspecified atom stereocenters. The Morgan fingerprint density at radius 2 is 2.00 bits per heavy atom. The molecule has 1 atom stereocenters. The third-order valence-corrected chi connectivity index (χ3v) is 5.88. The summed E-state index contributed by atoms with van der Waals surface area (Å²) in [7, 11) is -2.23. The molecule has 0 amide bonds. The van der Waals surface area contributed by atoms with Crippen LogP contribution in [0.4, 0.5) is 5.69 Å². The summed E-state index contributed by atoms with van der Waals surface area (Å²) in [6.07, 6.45) is 0.350. The first-order valence-electron chi connectivity index (χ1n) is 6.81. The lowest BCUT2D eigenvalue weighted by molar-refractivity contribution is -0.141. The van der Waals surface area contributed by atoms with Crippen LogP contribution in [0.25, 0.3) is 0 Å². The van der Waals surface area contributed by atoms with Crippen LogP contribution in [0.3, 0.4) is 0 Å². The molecule has 0 aromatic heterocycles. The number of carboxylic acid groups (broad SMARTS) is 1. The second-order valence-corrected chi connectivity index (χ2v) is 7.43. The average Bonchev–Trinajstić information content (AvgIpc) is 2.44. The predicted molar refractivity (Wildman–Crippen MR) is 80.4 cm³/mol. The first-order valence-corrected chi connectivity index (χ1v) is 8.21. The molecule has 2 rings (SSSR count). The molecule has 6 nitrogen and oxygen atoms in total. The molecule has 0 saturated carbocycles. The highest BCUT2D eigenvalue weighted by atomic mass is 32.2. The van der Waals surface area contributed by atoms with Gasteiger partial charge in [0, 0.05) is 19.6 Å². The van der Waals surface area contributed by atoms with Crippen LogP contribution in [0.2, 0.25) is 0 Å². The van der Waals surface area contributed by atoms with Crippen molar-refractivity contribution in [3.05, 3.63) is 29.8 Å². The van der Waals surface area contributed by atoms with Crippen LogP contribution in [0.15, 0.2) is 24.3 Å². The lowest BCUT2D eigenvalue weighted by Crippen LogP contribution is -2.50. The first-order chi connectivity index (χ1) is 9.75. The number of rotatable bonds is 4. The highest BCUT2D eigenvalue weighted by Gasteiger charge is 2.37. The zero-order valence-corrected chi connectivity index (χ0v) is 13.2. The number of benzene rings is 1. The Bertz CT molecular complexity index is 642. The number of fused-ring (bicyclic) bond motifs is 1. The Morgan fingerprint density at radius 1 is 1.38 bits per heavy atom. The van der Waals surface area contributed by atoms with E-state index in [1.54, 1.807) is 38.1 Å². The largest absolute Gasteiger partial charge is 0.481 e. The van der Waals surface area contributed by atoms with E-state index in [4.69, 9.17) is 0 Å². The summed E-state index contributed by atoms with van der Waals surface area (Å²) in [5, 5.41) is 9.26. The van der Waals surface area contributed by atoms with E-state index in [0.717, 1.165) is 5.56 Å². The minimum absolute atomic E-state index is 0.0360. The molecule has 0 radical (unpaired) electrons. The van der Waals surface area contributed by atoms with Crippen molar-refractivity contribution >= 4 is 21.9 Å². The fourth-order valence-electron chi connectivity index (χ4n) is 2.36. The van der Waals surface area contributed by atoms with E-state index in [0.29, 0.717) is 12.1 Å². The minimum atomic E-state index is -3.74. The minimum Gasteiger partial charge on any atom is -0.481 e. The molecule has 0 saturated heterocycles. The molecule has 0 fully saturated rings. The lowest BCUT2D eigenvalue weighted by Gasteiger charge is -2.37. The summed E-state index contributed by atoms with van der Waals surface area (Å²) in [4.78, 5) is 11.3. The molecule has 1 aromatic rings. The van der Waals surface area contributed by atoms with Crippen LogP contribution in [-0.4, -0.2) is 43.4 Å². The zero-order valence-electron chi connectivity index (χ0n) is 12.4. The molecule has 116 valence electrons. The zero-order chi connectivity index (χ0) is 15.8. The van der Waals surface area contributed by atoms with Crippen molar-refractivity contribution in [3.8, 4) is 0 Å². The molecule has 1 aromatic carbocycles. The summed E-state index contributed by atoms with van der Waals surface area (Å²) in [6.45, 7) is 3.52. The maximum absolute atomic E-state index is 12.7. The van der Waals surface area contributed by atoms with E-state index >= 15 is 0 Å². The van der Waals surface area contributed by atoms with Gasteiger partial charge in [-0.3, -0.25) is 9.10 Å². The second kappa shape index (κ2) is 5.65. The van der Waals surface area contributed by atoms with Crippen LogP contribution in [0.5, 0.6) is 0 Å². The monoisotopic (exact) mass is 312 g/mol. The van der Waals surface area contributed by atoms with E-state index in [1.165, 1.54) is 15.7 Å².